The highest BCUT2D eigenvalue weighted by molar-refractivity contribution is 5.79. The molecule has 0 spiro atoms. The fourth-order valence-electron chi connectivity index (χ4n) is 4.67. The zero-order chi connectivity index (χ0) is 18.4. The van der Waals surface area contributed by atoms with Crippen LogP contribution in [-0.4, -0.2) is 79.5 Å². The van der Waals surface area contributed by atoms with Crippen LogP contribution in [-0.2, 0) is 17.8 Å². The van der Waals surface area contributed by atoms with Crippen LogP contribution in [0.25, 0.3) is 0 Å². The fraction of sp³-hybridized carbons (Fsp3) is 0.737. The van der Waals surface area contributed by atoms with Crippen LogP contribution in [0.15, 0.2) is 0 Å². The number of anilines is 2. The van der Waals surface area contributed by atoms with E-state index in [2.05, 4.69) is 4.90 Å². The van der Waals surface area contributed by atoms with Gasteiger partial charge in [0.2, 0.25) is 11.9 Å². The zero-order valence-corrected chi connectivity index (χ0v) is 16.4. The van der Waals surface area contributed by atoms with E-state index >= 15 is 0 Å². The summed E-state index contributed by atoms with van der Waals surface area (Å²) in [6.07, 6.45) is 4.74. The van der Waals surface area contributed by atoms with Gasteiger partial charge in [-0.25, -0.2) is 4.98 Å². The summed E-state index contributed by atoms with van der Waals surface area (Å²) >= 11 is 0. The molecule has 7 heteroatoms. The third-order valence-electron chi connectivity index (χ3n) is 6.07. The first-order valence-corrected chi connectivity index (χ1v) is 9.68. The second-order valence-corrected chi connectivity index (χ2v) is 8.39. The molecule has 26 heavy (non-hydrogen) atoms. The molecule has 1 saturated carbocycles. The summed E-state index contributed by atoms with van der Waals surface area (Å²) in [4.78, 5) is 30.7. The molecular weight excluding hydrogens is 328 g/mol. The Morgan fingerprint density at radius 1 is 1.15 bits per heavy atom. The van der Waals surface area contributed by atoms with E-state index in [0.29, 0.717) is 25.1 Å². The van der Waals surface area contributed by atoms with Crippen molar-refractivity contribution in [2.45, 2.75) is 38.3 Å². The maximum atomic E-state index is 12.9. The molecule has 3 aliphatic rings. The highest BCUT2D eigenvalue weighted by Crippen LogP contribution is 2.37. The number of piperidine rings is 1. The first kappa shape index (κ1) is 17.5. The molecule has 1 aromatic heterocycles. The SMILES string of the molecule is CN(C)c1nc2c(c(N(C)C)n1)CCN(C(=O)CN1C[C@@H]3CC[C@H]1C3)C2. The molecule has 3 heterocycles. The van der Waals surface area contributed by atoms with E-state index in [1.807, 2.05) is 42.9 Å². The summed E-state index contributed by atoms with van der Waals surface area (Å²) in [5, 5.41) is 0. The Balaban J connectivity index is 1.50. The number of hydrogen-bond acceptors (Lipinski definition) is 6. The minimum atomic E-state index is 0.250. The van der Waals surface area contributed by atoms with Crippen molar-refractivity contribution in [3.63, 3.8) is 0 Å². The van der Waals surface area contributed by atoms with Crippen molar-refractivity contribution in [1.82, 2.24) is 19.8 Å². The molecule has 142 valence electrons. The summed E-state index contributed by atoms with van der Waals surface area (Å²) in [6.45, 7) is 3.04. The minimum absolute atomic E-state index is 0.250. The van der Waals surface area contributed by atoms with Crippen molar-refractivity contribution >= 4 is 17.7 Å². The molecule has 2 fully saturated rings. The van der Waals surface area contributed by atoms with Crippen LogP contribution in [0.5, 0.6) is 0 Å². The van der Waals surface area contributed by atoms with Crippen molar-refractivity contribution in [2.75, 3.05) is 57.6 Å². The molecule has 0 N–H and O–H groups in total. The van der Waals surface area contributed by atoms with Gasteiger partial charge in [-0.2, -0.15) is 4.98 Å². The lowest BCUT2D eigenvalue weighted by atomic mass is 10.0. The average Bonchev–Trinajstić information content (AvgIpc) is 3.22. The predicted molar refractivity (Wildman–Crippen MR) is 103 cm³/mol. The number of nitrogens with zero attached hydrogens (tertiary/aromatic N) is 6. The summed E-state index contributed by atoms with van der Waals surface area (Å²) in [6, 6.07) is 0.643. The first-order valence-electron chi connectivity index (χ1n) is 9.68. The fourth-order valence-corrected chi connectivity index (χ4v) is 4.67. The summed E-state index contributed by atoms with van der Waals surface area (Å²) < 4.78 is 0. The molecule has 0 radical (unpaired) electrons. The van der Waals surface area contributed by atoms with Crippen molar-refractivity contribution < 1.29 is 4.79 Å². The lowest BCUT2D eigenvalue weighted by molar-refractivity contribution is -0.133. The molecule has 2 aliphatic heterocycles. The van der Waals surface area contributed by atoms with Gasteiger partial charge in [-0.3, -0.25) is 9.69 Å². The number of carbonyl (C=O) groups excluding carboxylic acids is 1. The van der Waals surface area contributed by atoms with Gasteiger partial charge in [-0.1, -0.05) is 0 Å². The highest BCUT2D eigenvalue weighted by Gasteiger charge is 2.39. The summed E-state index contributed by atoms with van der Waals surface area (Å²) in [5.41, 5.74) is 2.18. The van der Waals surface area contributed by atoms with E-state index in [1.54, 1.807) is 0 Å². The van der Waals surface area contributed by atoms with Gasteiger partial charge in [0.15, 0.2) is 0 Å². The Kier molecular flexibility index (Phi) is 4.50. The maximum absolute atomic E-state index is 12.9. The van der Waals surface area contributed by atoms with E-state index in [-0.39, 0.29) is 5.91 Å². The quantitative estimate of drug-likeness (QED) is 0.800. The van der Waals surface area contributed by atoms with Crippen LogP contribution >= 0.6 is 0 Å². The van der Waals surface area contributed by atoms with Crippen LogP contribution in [0.3, 0.4) is 0 Å². The molecule has 2 bridgehead atoms. The Bertz CT molecular complexity index is 704. The normalized spacial score (nSPS) is 24.7. The predicted octanol–water partition coefficient (Wildman–Crippen LogP) is 0.978. The number of aromatic nitrogens is 2. The Hall–Kier alpha value is -1.89. The molecule has 0 aromatic carbocycles. The largest absolute Gasteiger partial charge is 0.362 e. The molecule has 4 rings (SSSR count). The molecule has 1 saturated heterocycles. The number of carbonyl (C=O) groups is 1. The van der Waals surface area contributed by atoms with Crippen molar-refractivity contribution in [1.29, 1.82) is 0 Å². The van der Waals surface area contributed by atoms with Gasteiger partial charge in [0, 0.05) is 52.9 Å². The van der Waals surface area contributed by atoms with Crippen LogP contribution in [0.2, 0.25) is 0 Å². The van der Waals surface area contributed by atoms with Gasteiger partial charge in [-0.15, -0.1) is 0 Å². The second-order valence-electron chi connectivity index (χ2n) is 8.39. The summed E-state index contributed by atoms with van der Waals surface area (Å²) in [7, 11) is 7.94. The van der Waals surface area contributed by atoms with Gasteiger partial charge in [0.25, 0.3) is 0 Å². The van der Waals surface area contributed by atoms with E-state index < -0.39 is 0 Å². The average molecular weight is 358 g/mol. The van der Waals surface area contributed by atoms with Crippen LogP contribution < -0.4 is 9.80 Å². The minimum Gasteiger partial charge on any atom is -0.362 e. The van der Waals surface area contributed by atoms with E-state index in [0.717, 1.165) is 36.9 Å². The van der Waals surface area contributed by atoms with Crippen molar-refractivity contribution in [2.24, 2.45) is 5.92 Å². The molecular formula is C19H30N6O. The number of rotatable bonds is 4. The van der Waals surface area contributed by atoms with Gasteiger partial charge >= 0.3 is 0 Å². The number of hydrogen-bond donors (Lipinski definition) is 0. The molecule has 1 aliphatic carbocycles. The smallest absolute Gasteiger partial charge is 0.237 e. The molecule has 0 unspecified atom stereocenters. The van der Waals surface area contributed by atoms with E-state index in [1.165, 1.54) is 24.8 Å². The number of fused-ring (bicyclic) bond motifs is 3. The second kappa shape index (κ2) is 6.68. The van der Waals surface area contributed by atoms with Gasteiger partial charge in [-0.05, 0) is 31.6 Å². The Morgan fingerprint density at radius 3 is 2.58 bits per heavy atom. The van der Waals surface area contributed by atoms with Crippen LogP contribution in [0, 0.1) is 5.92 Å². The van der Waals surface area contributed by atoms with Crippen molar-refractivity contribution in [3.8, 4) is 0 Å². The van der Waals surface area contributed by atoms with Gasteiger partial charge in [0.1, 0.15) is 5.82 Å². The van der Waals surface area contributed by atoms with Crippen molar-refractivity contribution in [3.05, 3.63) is 11.3 Å². The maximum Gasteiger partial charge on any atom is 0.237 e. The molecule has 2 atom stereocenters. The third-order valence-corrected chi connectivity index (χ3v) is 6.07. The van der Waals surface area contributed by atoms with Gasteiger partial charge in [0.05, 0.1) is 18.8 Å². The standard InChI is InChI=1S/C19H30N6O/c1-22(2)18-15-7-8-24(11-16(15)20-19(21-18)23(3)4)17(26)12-25-10-13-5-6-14(25)9-13/h13-14H,5-12H2,1-4H3/t13-,14+/m1/s1. The zero-order valence-electron chi connectivity index (χ0n) is 16.4. The Morgan fingerprint density at radius 2 is 1.96 bits per heavy atom. The van der Waals surface area contributed by atoms with Gasteiger partial charge < -0.3 is 14.7 Å². The topological polar surface area (TPSA) is 55.8 Å². The van der Waals surface area contributed by atoms with E-state index in [9.17, 15) is 4.79 Å². The van der Waals surface area contributed by atoms with Crippen LogP contribution in [0.4, 0.5) is 11.8 Å². The number of likely N-dealkylation sites (tertiary alicyclic amines) is 1. The van der Waals surface area contributed by atoms with E-state index in [4.69, 9.17) is 9.97 Å². The lowest BCUT2D eigenvalue weighted by Gasteiger charge is -2.33. The lowest BCUT2D eigenvalue weighted by Crippen LogP contribution is -2.45. The van der Waals surface area contributed by atoms with Crippen LogP contribution in [0.1, 0.15) is 30.5 Å². The highest BCUT2D eigenvalue weighted by atomic mass is 16.2. The first-order chi connectivity index (χ1) is 12.4. The molecule has 1 amide bonds. The molecule has 1 aromatic rings. The Labute approximate surface area is 156 Å². The molecule has 7 nitrogen and oxygen atoms in total. The summed E-state index contributed by atoms with van der Waals surface area (Å²) in [5.74, 6) is 2.76. The monoisotopic (exact) mass is 358 g/mol. The third kappa shape index (κ3) is 3.13. The number of amides is 1.